The fourth-order valence-electron chi connectivity index (χ4n) is 2.73. The maximum atomic E-state index is 11.1. The van der Waals surface area contributed by atoms with Crippen molar-refractivity contribution in [2.24, 2.45) is 0 Å². The fourth-order valence-corrected chi connectivity index (χ4v) is 2.94. The molecule has 0 aromatic carbocycles. The Labute approximate surface area is 126 Å². The second-order valence-electron chi connectivity index (χ2n) is 5.32. The summed E-state index contributed by atoms with van der Waals surface area (Å²) in [5, 5.41) is 23.0. The predicted octanol–water partition coefficient (Wildman–Crippen LogP) is 3.23. The van der Waals surface area contributed by atoms with Gasteiger partial charge in [0.15, 0.2) is 0 Å². The third-order valence-corrected chi connectivity index (χ3v) is 4.01. The molecule has 0 spiro atoms. The Balaban J connectivity index is 2.24. The van der Waals surface area contributed by atoms with Crippen LogP contribution in [-0.2, 0) is 4.79 Å². The maximum Gasteiger partial charge on any atom is 0.305 e. The van der Waals surface area contributed by atoms with Crippen LogP contribution < -0.4 is 5.32 Å². The van der Waals surface area contributed by atoms with Crippen molar-refractivity contribution >= 4 is 29.1 Å². The van der Waals surface area contributed by atoms with E-state index in [9.17, 15) is 14.9 Å². The van der Waals surface area contributed by atoms with Crippen LogP contribution in [0.15, 0.2) is 12.3 Å². The molecule has 8 heteroatoms. The Hall–Kier alpha value is -1.89. The van der Waals surface area contributed by atoms with Crippen molar-refractivity contribution in [3.05, 3.63) is 27.4 Å². The van der Waals surface area contributed by atoms with Gasteiger partial charge in [0, 0.05) is 11.6 Å². The molecule has 0 saturated heterocycles. The predicted molar refractivity (Wildman–Crippen MR) is 77.6 cm³/mol. The third kappa shape index (κ3) is 3.81. The number of pyridine rings is 1. The van der Waals surface area contributed by atoms with E-state index >= 15 is 0 Å². The van der Waals surface area contributed by atoms with Gasteiger partial charge in [0.05, 0.1) is 16.4 Å². The molecule has 0 aliphatic heterocycles. The Morgan fingerprint density at radius 1 is 1.48 bits per heavy atom. The van der Waals surface area contributed by atoms with Gasteiger partial charge in [-0.05, 0) is 12.8 Å². The molecular weight excluding hydrogens is 298 g/mol. The van der Waals surface area contributed by atoms with Crippen LogP contribution in [0.25, 0.3) is 0 Å². The first kappa shape index (κ1) is 15.5. The van der Waals surface area contributed by atoms with Crippen molar-refractivity contribution < 1.29 is 14.8 Å². The van der Waals surface area contributed by atoms with Gasteiger partial charge < -0.3 is 10.4 Å². The highest BCUT2D eigenvalue weighted by atomic mass is 35.5. The van der Waals surface area contributed by atoms with E-state index in [0.717, 1.165) is 25.5 Å². The van der Waals surface area contributed by atoms with Crippen LogP contribution in [0.3, 0.4) is 0 Å². The molecule has 21 heavy (non-hydrogen) atoms. The van der Waals surface area contributed by atoms with Crippen molar-refractivity contribution in [1.29, 1.82) is 0 Å². The van der Waals surface area contributed by atoms with Gasteiger partial charge in [0.2, 0.25) is 0 Å². The molecule has 1 aliphatic carbocycles. The number of rotatable bonds is 5. The Morgan fingerprint density at radius 3 is 2.67 bits per heavy atom. The first-order valence-corrected chi connectivity index (χ1v) is 7.10. The van der Waals surface area contributed by atoms with E-state index in [1.807, 2.05) is 0 Å². The first-order valence-electron chi connectivity index (χ1n) is 6.72. The summed E-state index contributed by atoms with van der Waals surface area (Å²) in [5.74, 6) is -0.590. The molecule has 7 nitrogen and oxygen atoms in total. The summed E-state index contributed by atoms with van der Waals surface area (Å²) in [6, 6.07) is 1.22. The smallest absolute Gasteiger partial charge is 0.305 e. The van der Waals surface area contributed by atoms with E-state index in [-0.39, 0.29) is 17.1 Å². The van der Waals surface area contributed by atoms with Crippen LogP contribution in [0, 0.1) is 10.1 Å². The average Bonchev–Trinajstić information content (AvgIpc) is 2.41. The van der Waals surface area contributed by atoms with Crippen LogP contribution in [0.4, 0.5) is 11.5 Å². The van der Waals surface area contributed by atoms with Crippen LogP contribution in [0.5, 0.6) is 0 Å². The summed E-state index contributed by atoms with van der Waals surface area (Å²) in [6.07, 6.45) is 5.47. The number of carbonyl (C=O) groups is 1. The lowest BCUT2D eigenvalue weighted by atomic mass is 9.79. The van der Waals surface area contributed by atoms with E-state index in [2.05, 4.69) is 10.3 Å². The highest BCUT2D eigenvalue weighted by Crippen LogP contribution is 2.36. The molecule has 0 radical (unpaired) electrons. The van der Waals surface area contributed by atoms with Crippen molar-refractivity contribution in [2.45, 2.75) is 44.1 Å². The Kier molecular flexibility index (Phi) is 4.62. The van der Waals surface area contributed by atoms with Gasteiger partial charge in [-0.3, -0.25) is 14.9 Å². The quantitative estimate of drug-likeness (QED) is 0.638. The summed E-state index contributed by atoms with van der Waals surface area (Å²) in [4.78, 5) is 25.2. The Morgan fingerprint density at radius 2 is 2.14 bits per heavy atom. The lowest BCUT2D eigenvalue weighted by Gasteiger charge is -2.37. The molecule has 0 unspecified atom stereocenters. The monoisotopic (exact) mass is 313 g/mol. The summed E-state index contributed by atoms with van der Waals surface area (Å²) < 4.78 is 0. The first-order chi connectivity index (χ1) is 9.92. The van der Waals surface area contributed by atoms with E-state index in [1.165, 1.54) is 6.07 Å². The molecule has 0 amide bonds. The number of nitrogens with one attached hydrogen (secondary N) is 1. The maximum absolute atomic E-state index is 11.1. The summed E-state index contributed by atoms with van der Waals surface area (Å²) in [5.41, 5.74) is -0.780. The Bertz CT molecular complexity index is 558. The van der Waals surface area contributed by atoms with Crippen molar-refractivity contribution in [3.63, 3.8) is 0 Å². The molecule has 2 rings (SSSR count). The molecule has 1 heterocycles. The summed E-state index contributed by atoms with van der Waals surface area (Å²) in [7, 11) is 0. The zero-order valence-electron chi connectivity index (χ0n) is 11.3. The van der Waals surface area contributed by atoms with Gasteiger partial charge in [0.25, 0.3) is 5.69 Å². The van der Waals surface area contributed by atoms with Gasteiger partial charge in [-0.2, -0.15) is 0 Å². The minimum atomic E-state index is -0.887. The van der Waals surface area contributed by atoms with Crippen LogP contribution in [-0.4, -0.2) is 26.5 Å². The molecule has 1 aromatic heterocycles. The highest BCUT2D eigenvalue weighted by molar-refractivity contribution is 6.33. The second-order valence-corrected chi connectivity index (χ2v) is 5.72. The van der Waals surface area contributed by atoms with Crippen LogP contribution in [0.1, 0.15) is 38.5 Å². The molecule has 2 N–H and O–H groups in total. The van der Waals surface area contributed by atoms with Crippen LogP contribution >= 0.6 is 11.6 Å². The third-order valence-electron chi connectivity index (χ3n) is 3.72. The number of aromatic nitrogens is 1. The van der Waals surface area contributed by atoms with E-state index in [4.69, 9.17) is 16.7 Å². The van der Waals surface area contributed by atoms with Gasteiger partial charge in [-0.25, -0.2) is 4.98 Å². The molecule has 1 aromatic rings. The minimum absolute atomic E-state index is 0.0258. The molecule has 1 aliphatic rings. The number of aliphatic carboxylic acids is 1. The molecule has 1 fully saturated rings. The lowest BCUT2D eigenvalue weighted by molar-refractivity contribution is -0.385. The number of nitrogens with zero attached hydrogens (tertiary/aromatic N) is 2. The molecule has 1 saturated carbocycles. The molecule has 114 valence electrons. The van der Waals surface area contributed by atoms with Gasteiger partial charge in [0.1, 0.15) is 12.0 Å². The lowest BCUT2D eigenvalue weighted by Crippen LogP contribution is -2.42. The second kappa shape index (κ2) is 6.26. The minimum Gasteiger partial charge on any atom is -0.481 e. The fraction of sp³-hybridized carbons (Fsp3) is 0.538. The number of nitro groups is 1. The van der Waals surface area contributed by atoms with Gasteiger partial charge >= 0.3 is 5.97 Å². The SMILES string of the molecule is O=C(O)CC1(Nc2ncc([N+](=O)[O-])cc2Cl)CCCCC1. The summed E-state index contributed by atoms with van der Waals surface area (Å²) in [6.45, 7) is 0. The largest absolute Gasteiger partial charge is 0.481 e. The van der Waals surface area contributed by atoms with E-state index in [0.29, 0.717) is 18.7 Å². The van der Waals surface area contributed by atoms with Crippen LogP contribution in [0.2, 0.25) is 5.02 Å². The topological polar surface area (TPSA) is 105 Å². The normalized spacial score (nSPS) is 17.2. The van der Waals surface area contributed by atoms with Crippen molar-refractivity contribution in [2.75, 3.05) is 5.32 Å². The van der Waals surface area contributed by atoms with Gasteiger partial charge in [-0.15, -0.1) is 0 Å². The number of hydrogen-bond acceptors (Lipinski definition) is 5. The van der Waals surface area contributed by atoms with E-state index < -0.39 is 16.4 Å². The summed E-state index contributed by atoms with van der Waals surface area (Å²) >= 11 is 6.01. The molecule has 0 atom stereocenters. The number of halogens is 1. The zero-order valence-corrected chi connectivity index (χ0v) is 12.1. The number of carboxylic acids is 1. The standard InChI is InChI=1S/C13H16ClN3O4/c14-10-6-9(17(20)21)8-15-12(10)16-13(7-11(18)19)4-2-1-3-5-13/h6,8H,1-5,7H2,(H,15,16)(H,18,19). The molecular formula is C13H16ClN3O4. The van der Waals surface area contributed by atoms with Gasteiger partial charge in [-0.1, -0.05) is 30.9 Å². The zero-order chi connectivity index (χ0) is 15.5. The van der Waals surface area contributed by atoms with Crippen molar-refractivity contribution in [1.82, 2.24) is 4.98 Å². The number of anilines is 1. The average molecular weight is 314 g/mol. The highest BCUT2D eigenvalue weighted by Gasteiger charge is 2.35. The molecule has 0 bridgehead atoms. The number of hydrogen-bond donors (Lipinski definition) is 2. The number of carboxylic acid groups (broad SMARTS) is 1. The van der Waals surface area contributed by atoms with E-state index in [1.54, 1.807) is 0 Å². The van der Waals surface area contributed by atoms with Crippen molar-refractivity contribution in [3.8, 4) is 0 Å².